The van der Waals surface area contributed by atoms with Gasteiger partial charge >= 0.3 is 0 Å². The van der Waals surface area contributed by atoms with Gasteiger partial charge in [-0.1, -0.05) is 0 Å². The third-order valence-electron chi connectivity index (χ3n) is 7.21. The Morgan fingerprint density at radius 3 is 2.38 bits per heavy atom. The van der Waals surface area contributed by atoms with Crippen LogP contribution in [0.2, 0.25) is 0 Å². The molecule has 1 fully saturated rings. The lowest BCUT2D eigenvalue weighted by Gasteiger charge is -2.35. The Kier molecular flexibility index (Phi) is 5.61. The number of hydrogen-bond donors (Lipinski definition) is 0. The predicted molar refractivity (Wildman–Crippen MR) is 150 cm³/mol. The van der Waals surface area contributed by atoms with Crippen molar-refractivity contribution in [3.8, 4) is 22.4 Å². The van der Waals surface area contributed by atoms with E-state index in [9.17, 15) is 4.39 Å². The zero-order valence-corrected chi connectivity index (χ0v) is 21.4. The molecule has 0 amide bonds. The number of nitrogens with zero attached hydrogens (tertiary/aromatic N) is 8. The average molecular weight is 517 g/mol. The summed E-state index contributed by atoms with van der Waals surface area (Å²) >= 11 is 0. The number of aromatic nitrogens is 6. The van der Waals surface area contributed by atoms with E-state index in [1.54, 1.807) is 18.5 Å². The van der Waals surface area contributed by atoms with Crippen LogP contribution in [0.5, 0.6) is 0 Å². The topological polar surface area (TPSA) is 75.3 Å². The first-order valence-corrected chi connectivity index (χ1v) is 12.9. The maximum Gasteiger partial charge on any atom is 0.225 e. The normalized spacial score (nSPS) is 13.9. The summed E-state index contributed by atoms with van der Waals surface area (Å²) < 4.78 is 16.1. The second-order valence-electron chi connectivity index (χ2n) is 9.69. The molecule has 5 aromatic heterocycles. The molecule has 1 saturated heterocycles. The van der Waals surface area contributed by atoms with Crippen LogP contribution in [0.1, 0.15) is 5.69 Å². The summed E-state index contributed by atoms with van der Waals surface area (Å²) in [5, 5.41) is 0.767. The Balaban J connectivity index is 1.13. The minimum Gasteiger partial charge on any atom is -0.353 e. The molecule has 0 atom stereocenters. The SMILES string of the molecule is Cc1cc(-c2cnc3cc(-c4ccc(N5CCN(c6ncccn6)CC5)nc4)ccn23)c2cc(F)ccc2n1. The van der Waals surface area contributed by atoms with Crippen molar-refractivity contribution in [2.24, 2.45) is 0 Å². The molecule has 6 aromatic rings. The predicted octanol–water partition coefficient (Wildman–Crippen LogP) is 5.18. The largest absolute Gasteiger partial charge is 0.353 e. The second kappa shape index (κ2) is 9.43. The van der Waals surface area contributed by atoms with Crippen LogP contribution in [0.4, 0.5) is 16.2 Å². The molecule has 6 heterocycles. The van der Waals surface area contributed by atoms with Crippen LogP contribution in [0.25, 0.3) is 38.9 Å². The molecule has 0 spiro atoms. The second-order valence-corrected chi connectivity index (χ2v) is 9.69. The number of benzene rings is 1. The maximum atomic E-state index is 14.1. The summed E-state index contributed by atoms with van der Waals surface area (Å²) in [6, 6.07) is 16.8. The van der Waals surface area contributed by atoms with Gasteiger partial charge < -0.3 is 9.80 Å². The lowest BCUT2D eigenvalue weighted by molar-refractivity contribution is 0.629. The van der Waals surface area contributed by atoms with Gasteiger partial charge in [0, 0.05) is 73.2 Å². The molecule has 0 aliphatic carbocycles. The average Bonchev–Trinajstić information content (AvgIpc) is 3.41. The van der Waals surface area contributed by atoms with Crippen LogP contribution in [-0.2, 0) is 0 Å². The van der Waals surface area contributed by atoms with Gasteiger partial charge in [-0.25, -0.2) is 24.3 Å². The highest BCUT2D eigenvalue weighted by molar-refractivity contribution is 5.94. The first-order chi connectivity index (χ1) is 19.1. The van der Waals surface area contributed by atoms with Crippen LogP contribution in [-0.4, -0.2) is 55.5 Å². The van der Waals surface area contributed by atoms with Crippen molar-refractivity contribution in [3.05, 3.63) is 97.1 Å². The molecule has 1 aliphatic heterocycles. The van der Waals surface area contributed by atoms with Crippen LogP contribution >= 0.6 is 0 Å². The van der Waals surface area contributed by atoms with Crippen molar-refractivity contribution in [2.75, 3.05) is 36.0 Å². The number of anilines is 2. The van der Waals surface area contributed by atoms with E-state index in [2.05, 4.69) is 54.0 Å². The summed E-state index contributed by atoms with van der Waals surface area (Å²) in [4.78, 5) is 27.2. The fourth-order valence-corrected chi connectivity index (χ4v) is 5.24. The number of imidazole rings is 1. The Hall–Kier alpha value is -4.92. The number of fused-ring (bicyclic) bond motifs is 2. The Labute approximate surface area is 224 Å². The molecule has 192 valence electrons. The molecule has 1 aliphatic rings. The van der Waals surface area contributed by atoms with E-state index in [1.807, 2.05) is 42.0 Å². The molecule has 1 aromatic carbocycles. The fourth-order valence-electron chi connectivity index (χ4n) is 5.24. The number of rotatable bonds is 4. The highest BCUT2D eigenvalue weighted by Crippen LogP contribution is 2.31. The quantitative estimate of drug-likeness (QED) is 0.320. The summed E-state index contributed by atoms with van der Waals surface area (Å²) in [6.45, 7) is 5.37. The first kappa shape index (κ1) is 23.2. The van der Waals surface area contributed by atoms with Gasteiger partial charge in [0.2, 0.25) is 5.95 Å². The van der Waals surface area contributed by atoms with E-state index in [0.29, 0.717) is 0 Å². The third kappa shape index (κ3) is 4.31. The van der Waals surface area contributed by atoms with Crippen molar-refractivity contribution >= 4 is 28.3 Å². The monoisotopic (exact) mass is 516 g/mol. The maximum absolute atomic E-state index is 14.1. The number of pyridine rings is 3. The van der Waals surface area contributed by atoms with Gasteiger partial charge in [0.05, 0.1) is 17.4 Å². The Morgan fingerprint density at radius 2 is 1.59 bits per heavy atom. The number of piperazine rings is 1. The standard InChI is InChI=1S/C30H25FN8/c1-20-15-25(24-17-23(31)4-5-26(24)36-20)27-19-35-29-16-21(7-10-39(27)29)22-3-6-28(34-18-22)37-11-13-38(14-12-37)30-32-8-2-9-33-30/h2-10,15-19H,11-14H2,1H3. The summed E-state index contributed by atoms with van der Waals surface area (Å²) in [5.74, 6) is 1.45. The molecule has 7 rings (SSSR count). The van der Waals surface area contributed by atoms with Gasteiger partial charge in [-0.2, -0.15) is 0 Å². The molecule has 9 heteroatoms. The molecular weight excluding hydrogens is 491 g/mol. The Bertz CT molecular complexity index is 1790. The van der Waals surface area contributed by atoms with Crippen LogP contribution < -0.4 is 9.80 Å². The molecule has 39 heavy (non-hydrogen) atoms. The molecule has 8 nitrogen and oxygen atoms in total. The van der Waals surface area contributed by atoms with Crippen molar-refractivity contribution in [2.45, 2.75) is 6.92 Å². The number of aryl methyl sites for hydroxylation is 1. The molecule has 0 radical (unpaired) electrons. The van der Waals surface area contributed by atoms with Gasteiger partial charge in [-0.3, -0.25) is 9.38 Å². The number of hydrogen-bond acceptors (Lipinski definition) is 7. The van der Waals surface area contributed by atoms with Gasteiger partial charge in [0.25, 0.3) is 0 Å². The zero-order chi connectivity index (χ0) is 26.3. The first-order valence-electron chi connectivity index (χ1n) is 12.9. The van der Waals surface area contributed by atoms with E-state index in [0.717, 1.165) is 82.6 Å². The van der Waals surface area contributed by atoms with E-state index in [1.165, 1.54) is 12.1 Å². The molecular formula is C30H25FN8. The van der Waals surface area contributed by atoms with Gasteiger partial charge in [-0.15, -0.1) is 0 Å². The summed E-state index contributed by atoms with van der Waals surface area (Å²) in [6.07, 6.45) is 9.31. The lowest BCUT2D eigenvalue weighted by Crippen LogP contribution is -2.47. The van der Waals surface area contributed by atoms with Crippen molar-refractivity contribution < 1.29 is 4.39 Å². The molecule has 0 N–H and O–H groups in total. The Morgan fingerprint density at radius 1 is 0.769 bits per heavy atom. The lowest BCUT2D eigenvalue weighted by atomic mass is 10.0. The van der Waals surface area contributed by atoms with Crippen molar-refractivity contribution in [1.82, 2.24) is 29.3 Å². The van der Waals surface area contributed by atoms with Gasteiger partial charge in [-0.05, 0) is 67.1 Å². The molecule has 0 saturated carbocycles. The fraction of sp³-hybridized carbons (Fsp3) is 0.167. The summed E-state index contributed by atoms with van der Waals surface area (Å²) in [7, 11) is 0. The van der Waals surface area contributed by atoms with Crippen LogP contribution in [0.3, 0.4) is 0 Å². The minimum absolute atomic E-state index is 0.284. The summed E-state index contributed by atoms with van der Waals surface area (Å²) in [5.41, 5.74) is 6.30. The molecule has 0 bridgehead atoms. The zero-order valence-electron chi connectivity index (χ0n) is 21.4. The van der Waals surface area contributed by atoms with Crippen molar-refractivity contribution in [3.63, 3.8) is 0 Å². The smallest absolute Gasteiger partial charge is 0.225 e. The highest BCUT2D eigenvalue weighted by Gasteiger charge is 2.20. The minimum atomic E-state index is -0.284. The molecule has 0 unspecified atom stereocenters. The van der Waals surface area contributed by atoms with Gasteiger partial charge in [0.1, 0.15) is 17.3 Å². The van der Waals surface area contributed by atoms with E-state index in [-0.39, 0.29) is 5.82 Å². The highest BCUT2D eigenvalue weighted by atomic mass is 19.1. The third-order valence-corrected chi connectivity index (χ3v) is 7.21. The van der Waals surface area contributed by atoms with Gasteiger partial charge in [0.15, 0.2) is 0 Å². The van der Waals surface area contributed by atoms with E-state index >= 15 is 0 Å². The van der Waals surface area contributed by atoms with Crippen molar-refractivity contribution in [1.29, 1.82) is 0 Å². The van der Waals surface area contributed by atoms with Crippen LogP contribution in [0.15, 0.2) is 85.6 Å². The number of halogens is 1. The van der Waals surface area contributed by atoms with Crippen LogP contribution in [0, 0.1) is 12.7 Å². The van der Waals surface area contributed by atoms with E-state index < -0.39 is 0 Å². The van der Waals surface area contributed by atoms with E-state index in [4.69, 9.17) is 4.98 Å².